The molecular weight excluding hydrogens is 574 g/mol. The number of unbranched alkanes of at least 4 members (excludes halogenated alkanes) is 16. The lowest BCUT2D eigenvalue weighted by atomic mass is 9.93. The van der Waals surface area contributed by atoms with E-state index in [0.717, 1.165) is 38.5 Å². The average Bonchev–Trinajstić information content (AvgIpc) is 3.07. The SMILES string of the molecule is CCCCCCCC/C=C\CCCCCCCCCCCCC1CCCCCCCCCC/C=C\CCCCCCCC(=O)NC1=O. The van der Waals surface area contributed by atoms with Gasteiger partial charge >= 0.3 is 0 Å². The molecule has 3 nitrogen and oxygen atoms in total. The number of nitrogens with one attached hydrogen (secondary N) is 1. The maximum Gasteiger partial charge on any atom is 0.229 e. The molecule has 0 aromatic heterocycles. The summed E-state index contributed by atoms with van der Waals surface area (Å²) in [5.74, 6) is -0.0341. The molecule has 1 rings (SSSR count). The van der Waals surface area contributed by atoms with E-state index in [1.807, 2.05) is 0 Å². The molecule has 0 aromatic rings. The predicted molar refractivity (Wildman–Crippen MR) is 207 cm³/mol. The van der Waals surface area contributed by atoms with E-state index in [9.17, 15) is 9.59 Å². The van der Waals surface area contributed by atoms with E-state index >= 15 is 0 Å². The van der Waals surface area contributed by atoms with E-state index in [0.29, 0.717) is 6.42 Å². The molecule has 0 aliphatic carbocycles. The quantitative estimate of drug-likeness (QED) is 0.0806. The molecule has 1 heterocycles. The Bertz CT molecular complexity index is 741. The largest absolute Gasteiger partial charge is 0.296 e. The smallest absolute Gasteiger partial charge is 0.229 e. The molecule has 0 aromatic carbocycles. The standard InChI is InChI=1S/C44H81NO2/c1-2-3-4-5-6-7-8-9-10-11-12-13-15-18-21-24-27-30-33-36-39-42-40-37-34-31-28-25-22-19-16-14-17-20-23-26-29-32-35-38-41-43(46)45-44(42)47/h9-10,17,20,42H,2-8,11-16,18-19,21-41H2,1H3,(H,45,46,47)/b10-9-,20-17-. The topological polar surface area (TPSA) is 46.2 Å². The van der Waals surface area contributed by atoms with E-state index in [1.54, 1.807) is 0 Å². The molecule has 1 unspecified atom stereocenters. The fourth-order valence-electron chi connectivity index (χ4n) is 7.08. The van der Waals surface area contributed by atoms with Gasteiger partial charge in [0.25, 0.3) is 0 Å². The molecule has 47 heavy (non-hydrogen) atoms. The first-order valence-electron chi connectivity index (χ1n) is 21.4. The summed E-state index contributed by atoms with van der Waals surface area (Å²) in [6, 6.07) is 0. The summed E-state index contributed by atoms with van der Waals surface area (Å²) < 4.78 is 0. The zero-order valence-corrected chi connectivity index (χ0v) is 31.7. The maximum absolute atomic E-state index is 13.1. The highest BCUT2D eigenvalue weighted by atomic mass is 16.2. The highest BCUT2D eigenvalue weighted by Crippen LogP contribution is 2.21. The number of imide groups is 1. The minimum absolute atomic E-state index is 0.00785. The molecule has 2 amide bonds. The van der Waals surface area contributed by atoms with Gasteiger partial charge < -0.3 is 0 Å². The van der Waals surface area contributed by atoms with Crippen LogP contribution in [0, 0.1) is 5.92 Å². The van der Waals surface area contributed by atoms with Crippen LogP contribution in [-0.2, 0) is 9.59 Å². The molecule has 3 heteroatoms. The number of carbonyl (C=O) groups excluding carboxylic acids is 2. The molecule has 1 aliphatic rings. The first-order chi connectivity index (χ1) is 23.2. The van der Waals surface area contributed by atoms with Gasteiger partial charge in [0, 0.05) is 12.3 Å². The van der Waals surface area contributed by atoms with Crippen molar-refractivity contribution in [1.29, 1.82) is 0 Å². The fourth-order valence-corrected chi connectivity index (χ4v) is 7.08. The number of hydrogen-bond donors (Lipinski definition) is 1. The average molecular weight is 656 g/mol. The van der Waals surface area contributed by atoms with Gasteiger partial charge in [0.1, 0.15) is 0 Å². The first-order valence-corrected chi connectivity index (χ1v) is 21.4. The molecule has 0 saturated carbocycles. The maximum atomic E-state index is 13.1. The summed E-state index contributed by atoms with van der Waals surface area (Å²) in [5.41, 5.74) is 0. The lowest BCUT2D eigenvalue weighted by Crippen LogP contribution is -2.35. The van der Waals surface area contributed by atoms with Crippen molar-refractivity contribution in [2.75, 3.05) is 0 Å². The highest BCUT2D eigenvalue weighted by Gasteiger charge is 2.20. The zero-order valence-electron chi connectivity index (χ0n) is 31.7. The third-order valence-electron chi connectivity index (χ3n) is 10.3. The Labute approximate surface area is 294 Å². The minimum atomic E-state index is -0.0544. The predicted octanol–water partition coefficient (Wildman–Crippen LogP) is 14.4. The number of allylic oxidation sites excluding steroid dienone is 4. The van der Waals surface area contributed by atoms with Crippen LogP contribution in [0.15, 0.2) is 24.3 Å². The highest BCUT2D eigenvalue weighted by molar-refractivity contribution is 5.96. The van der Waals surface area contributed by atoms with E-state index in [-0.39, 0.29) is 17.7 Å². The van der Waals surface area contributed by atoms with Crippen molar-refractivity contribution in [3.05, 3.63) is 24.3 Å². The van der Waals surface area contributed by atoms with E-state index in [2.05, 4.69) is 36.5 Å². The van der Waals surface area contributed by atoms with Gasteiger partial charge in [-0.05, 0) is 70.6 Å². The second-order valence-electron chi connectivity index (χ2n) is 14.9. The zero-order chi connectivity index (χ0) is 33.7. The lowest BCUT2D eigenvalue weighted by Gasteiger charge is -2.16. The minimum Gasteiger partial charge on any atom is -0.296 e. The third kappa shape index (κ3) is 31.6. The molecule has 1 N–H and O–H groups in total. The second kappa shape index (κ2) is 35.9. The Morgan fingerprint density at radius 1 is 0.532 bits per heavy atom. The Balaban J connectivity index is 2.16. The van der Waals surface area contributed by atoms with Crippen molar-refractivity contribution >= 4 is 11.8 Å². The second-order valence-corrected chi connectivity index (χ2v) is 14.9. The van der Waals surface area contributed by atoms with Crippen LogP contribution in [0.5, 0.6) is 0 Å². The van der Waals surface area contributed by atoms with E-state index < -0.39 is 0 Å². The monoisotopic (exact) mass is 656 g/mol. The summed E-state index contributed by atoms with van der Waals surface area (Å²) in [7, 11) is 0. The third-order valence-corrected chi connectivity index (χ3v) is 10.3. The van der Waals surface area contributed by atoms with Crippen LogP contribution in [0.4, 0.5) is 0 Å². The summed E-state index contributed by atoms with van der Waals surface area (Å²) in [4.78, 5) is 25.6. The summed E-state index contributed by atoms with van der Waals surface area (Å²) >= 11 is 0. The number of amides is 2. The van der Waals surface area contributed by atoms with Crippen molar-refractivity contribution in [3.63, 3.8) is 0 Å². The van der Waals surface area contributed by atoms with Crippen LogP contribution in [0.25, 0.3) is 0 Å². The Morgan fingerprint density at radius 3 is 1.49 bits per heavy atom. The lowest BCUT2D eigenvalue weighted by molar-refractivity contribution is -0.133. The van der Waals surface area contributed by atoms with Gasteiger partial charge in [-0.3, -0.25) is 14.9 Å². The van der Waals surface area contributed by atoms with E-state index in [4.69, 9.17) is 0 Å². The molecule has 0 bridgehead atoms. The molecule has 1 aliphatic heterocycles. The van der Waals surface area contributed by atoms with Crippen molar-refractivity contribution in [2.24, 2.45) is 5.92 Å². The van der Waals surface area contributed by atoms with Crippen LogP contribution in [0.3, 0.4) is 0 Å². The Morgan fingerprint density at radius 2 is 0.957 bits per heavy atom. The van der Waals surface area contributed by atoms with Gasteiger partial charge in [-0.25, -0.2) is 0 Å². The van der Waals surface area contributed by atoms with Crippen LogP contribution < -0.4 is 5.32 Å². The Kier molecular flexibility index (Phi) is 33.3. The Hall–Kier alpha value is -1.38. The number of hydrogen-bond acceptors (Lipinski definition) is 2. The molecular formula is C44H81NO2. The molecule has 0 spiro atoms. The number of carbonyl (C=O) groups is 2. The molecule has 0 fully saturated rings. The molecule has 0 saturated heterocycles. The van der Waals surface area contributed by atoms with Crippen molar-refractivity contribution in [3.8, 4) is 0 Å². The van der Waals surface area contributed by atoms with Crippen molar-refractivity contribution in [1.82, 2.24) is 5.32 Å². The van der Waals surface area contributed by atoms with Crippen molar-refractivity contribution < 1.29 is 9.59 Å². The van der Waals surface area contributed by atoms with E-state index in [1.165, 1.54) is 186 Å². The van der Waals surface area contributed by atoms with Crippen LogP contribution >= 0.6 is 0 Å². The number of rotatable bonds is 20. The van der Waals surface area contributed by atoms with Gasteiger partial charge in [0.2, 0.25) is 11.8 Å². The van der Waals surface area contributed by atoms with Gasteiger partial charge in [-0.15, -0.1) is 0 Å². The normalized spacial score (nSPS) is 19.9. The first kappa shape index (κ1) is 43.6. The van der Waals surface area contributed by atoms with Gasteiger partial charge in [-0.1, -0.05) is 185 Å². The van der Waals surface area contributed by atoms with Crippen LogP contribution in [0.2, 0.25) is 0 Å². The molecule has 0 radical (unpaired) electrons. The summed E-state index contributed by atoms with van der Waals surface area (Å²) in [5, 5.41) is 2.80. The van der Waals surface area contributed by atoms with Gasteiger partial charge in [0.15, 0.2) is 0 Å². The van der Waals surface area contributed by atoms with Gasteiger partial charge in [-0.2, -0.15) is 0 Å². The van der Waals surface area contributed by atoms with Gasteiger partial charge in [0.05, 0.1) is 0 Å². The van der Waals surface area contributed by atoms with Crippen LogP contribution in [-0.4, -0.2) is 11.8 Å². The van der Waals surface area contributed by atoms with Crippen LogP contribution in [0.1, 0.15) is 238 Å². The summed E-state index contributed by atoms with van der Waals surface area (Å²) in [6.07, 6.45) is 54.5. The summed E-state index contributed by atoms with van der Waals surface area (Å²) in [6.45, 7) is 2.29. The molecule has 274 valence electrons. The van der Waals surface area contributed by atoms with Crippen molar-refractivity contribution in [2.45, 2.75) is 238 Å². The molecule has 1 atom stereocenters. The fraction of sp³-hybridized carbons (Fsp3) is 0.864.